The molecule has 0 aliphatic rings. The van der Waals surface area contributed by atoms with Crippen LogP contribution in [0, 0.1) is 0 Å². The van der Waals surface area contributed by atoms with Gasteiger partial charge in [0.15, 0.2) is 9.84 Å². The van der Waals surface area contributed by atoms with Crippen molar-refractivity contribution in [1.82, 2.24) is 0 Å². The van der Waals surface area contributed by atoms with E-state index in [4.69, 9.17) is 5.11 Å². The third-order valence-electron chi connectivity index (χ3n) is 2.10. The van der Waals surface area contributed by atoms with Crippen LogP contribution < -0.4 is 0 Å². The zero-order valence-electron chi connectivity index (χ0n) is 9.58. The van der Waals surface area contributed by atoms with Crippen LogP contribution in [0.25, 0.3) is 0 Å². The van der Waals surface area contributed by atoms with E-state index in [0.717, 1.165) is 0 Å². The maximum Gasteiger partial charge on any atom is 0.337 e. The fraction of sp³-hybridized carbons (Fsp3) is 0.364. The Kier molecular flexibility index (Phi) is 4.25. The Bertz CT molecular complexity index is 487. The molecule has 0 amide bonds. The molecule has 0 aliphatic carbocycles. The third-order valence-corrected chi connectivity index (χ3v) is 4.01. The minimum atomic E-state index is -3.51. The summed E-state index contributed by atoms with van der Waals surface area (Å²) in [5, 5.41) is 9.08. The molecule has 0 saturated carbocycles. The summed E-state index contributed by atoms with van der Waals surface area (Å²) < 4.78 is 27.9. The van der Waals surface area contributed by atoms with E-state index >= 15 is 0 Å². The second-order valence-electron chi connectivity index (χ2n) is 3.65. The van der Waals surface area contributed by atoms with Crippen molar-refractivity contribution in [3.05, 3.63) is 29.8 Å². The van der Waals surface area contributed by atoms with Crippen molar-refractivity contribution in [3.63, 3.8) is 0 Å². The Morgan fingerprint density at radius 3 is 2.29 bits per heavy atom. The minimum Gasteiger partial charge on any atom is -0.465 e. The first-order valence-electron chi connectivity index (χ1n) is 4.96. The molecule has 0 bridgehead atoms. The number of hydrogen-bond acceptors (Lipinski definition) is 5. The van der Waals surface area contributed by atoms with Crippen molar-refractivity contribution in [2.45, 2.75) is 17.9 Å². The second-order valence-corrected chi connectivity index (χ2v) is 5.68. The number of esters is 1. The summed E-state index contributed by atoms with van der Waals surface area (Å²) in [4.78, 5) is 11.2. The van der Waals surface area contributed by atoms with Crippen LogP contribution in [0.15, 0.2) is 29.2 Å². The molecule has 0 aromatic heterocycles. The number of sulfone groups is 1. The zero-order valence-corrected chi connectivity index (χ0v) is 10.4. The molecule has 0 aliphatic heterocycles. The largest absolute Gasteiger partial charge is 0.465 e. The lowest BCUT2D eigenvalue weighted by Crippen LogP contribution is -2.17. The number of ether oxygens (including phenoxy) is 1. The molecule has 1 aromatic rings. The van der Waals surface area contributed by atoms with E-state index in [-0.39, 0.29) is 16.2 Å². The molecular weight excluding hydrogens is 244 g/mol. The molecule has 1 atom stereocenters. The van der Waals surface area contributed by atoms with Gasteiger partial charge in [0.2, 0.25) is 0 Å². The van der Waals surface area contributed by atoms with Crippen LogP contribution in [0.3, 0.4) is 0 Å². The summed E-state index contributed by atoms with van der Waals surface area (Å²) in [6.45, 7) is 1.40. The maximum atomic E-state index is 11.7. The fourth-order valence-electron chi connectivity index (χ4n) is 1.33. The predicted octanol–water partition coefficient (Wildman–Crippen LogP) is 0.628. The summed E-state index contributed by atoms with van der Waals surface area (Å²) in [5.41, 5.74) is 0.281. The molecule has 5 nitrogen and oxygen atoms in total. The van der Waals surface area contributed by atoms with Gasteiger partial charge in [-0.3, -0.25) is 0 Å². The van der Waals surface area contributed by atoms with E-state index in [9.17, 15) is 13.2 Å². The average Bonchev–Trinajstić information content (AvgIpc) is 2.26. The number of aliphatic hydroxyl groups excluding tert-OH is 1. The smallest absolute Gasteiger partial charge is 0.337 e. The molecule has 1 aromatic carbocycles. The van der Waals surface area contributed by atoms with Crippen LogP contribution in [0.2, 0.25) is 0 Å². The van der Waals surface area contributed by atoms with Gasteiger partial charge in [0.05, 0.1) is 29.4 Å². The number of aliphatic hydroxyl groups is 1. The third kappa shape index (κ3) is 3.54. The Labute approximate surface area is 100.0 Å². The van der Waals surface area contributed by atoms with Gasteiger partial charge in [-0.1, -0.05) is 0 Å². The number of rotatable bonds is 4. The van der Waals surface area contributed by atoms with Gasteiger partial charge >= 0.3 is 5.97 Å². The van der Waals surface area contributed by atoms with Crippen LogP contribution in [-0.2, 0) is 14.6 Å². The van der Waals surface area contributed by atoms with Crippen molar-refractivity contribution < 1.29 is 23.1 Å². The number of hydrogen-bond donors (Lipinski definition) is 1. The topological polar surface area (TPSA) is 80.7 Å². The number of benzene rings is 1. The standard InChI is InChI=1S/C11H14O5S/c1-8(12)7-17(14,15)10-5-3-9(4-6-10)11(13)16-2/h3-6,8,12H,7H2,1-2H3/t8-/m1/s1. The molecule has 1 rings (SSSR count). The Balaban J connectivity index is 2.99. The van der Waals surface area contributed by atoms with Gasteiger partial charge in [0.1, 0.15) is 0 Å². The molecular formula is C11H14O5S. The number of carbonyl (C=O) groups excluding carboxylic acids is 1. The first-order valence-corrected chi connectivity index (χ1v) is 6.61. The van der Waals surface area contributed by atoms with Gasteiger partial charge in [0, 0.05) is 0 Å². The number of methoxy groups -OCH3 is 1. The van der Waals surface area contributed by atoms with Crippen LogP contribution in [0.4, 0.5) is 0 Å². The Morgan fingerprint density at radius 2 is 1.88 bits per heavy atom. The Morgan fingerprint density at radius 1 is 1.35 bits per heavy atom. The normalized spacial score (nSPS) is 13.1. The molecule has 0 heterocycles. The monoisotopic (exact) mass is 258 g/mol. The summed E-state index contributed by atoms with van der Waals surface area (Å²) in [7, 11) is -2.26. The van der Waals surface area contributed by atoms with Crippen molar-refractivity contribution in [3.8, 4) is 0 Å². The van der Waals surface area contributed by atoms with Crippen molar-refractivity contribution in [2.24, 2.45) is 0 Å². The minimum absolute atomic E-state index is 0.0750. The van der Waals surface area contributed by atoms with Crippen LogP contribution >= 0.6 is 0 Å². The summed E-state index contributed by atoms with van der Waals surface area (Å²) >= 11 is 0. The van der Waals surface area contributed by atoms with Gasteiger partial charge in [-0.15, -0.1) is 0 Å². The van der Waals surface area contributed by atoms with E-state index in [2.05, 4.69) is 4.74 Å². The Hall–Kier alpha value is -1.40. The first-order chi connectivity index (χ1) is 7.86. The van der Waals surface area contributed by atoms with Crippen molar-refractivity contribution >= 4 is 15.8 Å². The molecule has 94 valence electrons. The molecule has 6 heteroatoms. The molecule has 1 N–H and O–H groups in total. The number of carbonyl (C=O) groups is 1. The van der Waals surface area contributed by atoms with Crippen molar-refractivity contribution in [2.75, 3.05) is 12.9 Å². The van der Waals surface area contributed by atoms with E-state index in [1.54, 1.807) is 0 Å². The van der Waals surface area contributed by atoms with Gasteiger partial charge in [0.25, 0.3) is 0 Å². The highest BCUT2D eigenvalue weighted by Crippen LogP contribution is 2.14. The fourth-order valence-corrected chi connectivity index (χ4v) is 2.71. The van der Waals surface area contributed by atoms with Gasteiger partial charge in [-0.2, -0.15) is 0 Å². The van der Waals surface area contributed by atoms with Crippen LogP contribution in [-0.4, -0.2) is 38.5 Å². The molecule has 0 saturated heterocycles. The molecule has 0 unspecified atom stereocenters. The lowest BCUT2D eigenvalue weighted by molar-refractivity contribution is 0.0600. The molecule has 17 heavy (non-hydrogen) atoms. The van der Waals surface area contributed by atoms with Crippen LogP contribution in [0.1, 0.15) is 17.3 Å². The van der Waals surface area contributed by atoms with Gasteiger partial charge < -0.3 is 9.84 Å². The van der Waals surface area contributed by atoms with E-state index in [1.807, 2.05) is 0 Å². The highest BCUT2D eigenvalue weighted by molar-refractivity contribution is 7.91. The zero-order chi connectivity index (χ0) is 13.1. The van der Waals surface area contributed by atoms with Crippen molar-refractivity contribution in [1.29, 1.82) is 0 Å². The van der Waals surface area contributed by atoms with E-state index in [0.29, 0.717) is 0 Å². The highest BCUT2D eigenvalue weighted by Gasteiger charge is 2.17. The van der Waals surface area contributed by atoms with Gasteiger partial charge in [-0.05, 0) is 31.2 Å². The summed E-state index contributed by atoms with van der Waals surface area (Å²) in [5.74, 6) is -0.866. The van der Waals surface area contributed by atoms with Gasteiger partial charge in [-0.25, -0.2) is 13.2 Å². The average molecular weight is 258 g/mol. The van der Waals surface area contributed by atoms with E-state index in [1.165, 1.54) is 38.3 Å². The summed E-state index contributed by atoms with van der Waals surface area (Å²) in [6, 6.07) is 5.40. The lowest BCUT2D eigenvalue weighted by Gasteiger charge is -2.07. The molecule has 0 spiro atoms. The first kappa shape index (κ1) is 13.7. The predicted molar refractivity (Wildman–Crippen MR) is 61.5 cm³/mol. The highest BCUT2D eigenvalue weighted by atomic mass is 32.2. The molecule has 0 fully saturated rings. The SMILES string of the molecule is COC(=O)c1ccc(S(=O)(=O)C[C@@H](C)O)cc1. The summed E-state index contributed by atoms with van der Waals surface area (Å²) in [6.07, 6.45) is -0.930. The lowest BCUT2D eigenvalue weighted by atomic mass is 10.2. The second kappa shape index (κ2) is 5.29. The molecule has 0 radical (unpaired) electrons. The quantitative estimate of drug-likeness (QED) is 0.801. The van der Waals surface area contributed by atoms with Crippen LogP contribution in [0.5, 0.6) is 0 Å². The van der Waals surface area contributed by atoms with E-state index < -0.39 is 21.9 Å². The maximum absolute atomic E-state index is 11.7.